The van der Waals surface area contributed by atoms with E-state index >= 15 is 0 Å². The molecule has 1 atom stereocenters. The summed E-state index contributed by atoms with van der Waals surface area (Å²) in [6, 6.07) is 5.02. The predicted molar refractivity (Wildman–Crippen MR) is 80.6 cm³/mol. The fourth-order valence-corrected chi connectivity index (χ4v) is 2.10. The van der Waals surface area contributed by atoms with Crippen molar-refractivity contribution in [3.8, 4) is 5.75 Å². The van der Waals surface area contributed by atoms with Crippen LogP contribution in [0.25, 0.3) is 0 Å². The summed E-state index contributed by atoms with van der Waals surface area (Å²) in [5, 5.41) is 3.28. The van der Waals surface area contributed by atoms with Crippen molar-refractivity contribution in [1.29, 1.82) is 0 Å². The molecule has 0 amide bonds. The molecule has 5 heteroatoms. The number of nitrogens with one attached hydrogen (secondary N) is 1. The van der Waals surface area contributed by atoms with Gasteiger partial charge in [-0.25, -0.2) is 9.37 Å². The molecule has 1 heterocycles. The van der Waals surface area contributed by atoms with Gasteiger partial charge in [-0.1, -0.05) is 13.0 Å². The second kappa shape index (κ2) is 7.22. The Labute approximate surface area is 125 Å². The predicted octanol–water partition coefficient (Wildman–Crippen LogP) is 3.20. The summed E-state index contributed by atoms with van der Waals surface area (Å²) < 4.78 is 21.6. The minimum atomic E-state index is -0.242. The lowest BCUT2D eigenvalue weighted by atomic mass is 10.1. The second-order valence-corrected chi connectivity index (χ2v) is 5.14. The molecule has 0 spiro atoms. The number of imidazole rings is 1. The summed E-state index contributed by atoms with van der Waals surface area (Å²) in [5.74, 6) is 0.286. The van der Waals surface area contributed by atoms with Crippen LogP contribution in [0.3, 0.4) is 0 Å². The molecule has 1 aromatic carbocycles. The van der Waals surface area contributed by atoms with Crippen LogP contribution in [0.15, 0.2) is 30.7 Å². The lowest BCUT2D eigenvalue weighted by molar-refractivity contribution is 0.295. The average Bonchev–Trinajstić information content (AvgIpc) is 2.88. The Kier molecular flexibility index (Phi) is 5.33. The molecule has 1 unspecified atom stereocenters. The summed E-state index contributed by atoms with van der Waals surface area (Å²) in [4.78, 5) is 4.02. The van der Waals surface area contributed by atoms with Crippen LogP contribution < -0.4 is 10.1 Å². The minimum absolute atomic E-state index is 0.00364. The molecule has 21 heavy (non-hydrogen) atoms. The van der Waals surface area contributed by atoms with E-state index in [1.165, 1.54) is 6.07 Å². The van der Waals surface area contributed by atoms with Crippen LogP contribution in [0, 0.1) is 5.82 Å². The average molecular weight is 291 g/mol. The van der Waals surface area contributed by atoms with Gasteiger partial charge in [0.15, 0.2) is 0 Å². The first-order valence-electron chi connectivity index (χ1n) is 7.22. The van der Waals surface area contributed by atoms with Gasteiger partial charge in [0.25, 0.3) is 0 Å². The summed E-state index contributed by atoms with van der Waals surface area (Å²) in [5.41, 5.74) is 1.61. The van der Waals surface area contributed by atoms with E-state index in [1.54, 1.807) is 24.7 Å². The van der Waals surface area contributed by atoms with E-state index in [1.807, 2.05) is 18.5 Å². The van der Waals surface area contributed by atoms with Gasteiger partial charge in [0.2, 0.25) is 0 Å². The van der Waals surface area contributed by atoms with E-state index in [0.717, 1.165) is 18.7 Å². The van der Waals surface area contributed by atoms with Crippen molar-refractivity contribution < 1.29 is 9.13 Å². The van der Waals surface area contributed by atoms with Crippen molar-refractivity contribution in [1.82, 2.24) is 14.9 Å². The van der Waals surface area contributed by atoms with Crippen LogP contribution in [0.4, 0.5) is 4.39 Å². The van der Waals surface area contributed by atoms with E-state index in [-0.39, 0.29) is 11.9 Å². The monoisotopic (exact) mass is 291 g/mol. The van der Waals surface area contributed by atoms with E-state index in [2.05, 4.69) is 17.2 Å². The maximum absolute atomic E-state index is 14.1. The SMILES string of the molecule is CCCNC(C)c1ccc(OCc2cncn2C)cc1F. The molecule has 2 rings (SSSR count). The molecular weight excluding hydrogens is 269 g/mol. The highest BCUT2D eigenvalue weighted by Crippen LogP contribution is 2.22. The molecule has 0 radical (unpaired) electrons. The van der Waals surface area contributed by atoms with Crippen molar-refractivity contribution in [2.75, 3.05) is 6.54 Å². The van der Waals surface area contributed by atoms with E-state index in [4.69, 9.17) is 4.74 Å². The third kappa shape index (κ3) is 4.04. The topological polar surface area (TPSA) is 39.1 Å². The van der Waals surface area contributed by atoms with Crippen molar-refractivity contribution >= 4 is 0 Å². The van der Waals surface area contributed by atoms with Gasteiger partial charge in [0, 0.05) is 24.7 Å². The van der Waals surface area contributed by atoms with Gasteiger partial charge in [-0.3, -0.25) is 0 Å². The number of benzene rings is 1. The Balaban J connectivity index is 2.00. The van der Waals surface area contributed by atoms with Gasteiger partial charge in [-0.05, 0) is 26.0 Å². The number of ether oxygens (including phenoxy) is 1. The van der Waals surface area contributed by atoms with Gasteiger partial charge in [-0.15, -0.1) is 0 Å². The Morgan fingerprint density at radius 1 is 1.43 bits per heavy atom. The maximum atomic E-state index is 14.1. The molecule has 1 N–H and O–H groups in total. The third-order valence-corrected chi connectivity index (χ3v) is 3.44. The van der Waals surface area contributed by atoms with Crippen LogP contribution in [0.5, 0.6) is 5.75 Å². The van der Waals surface area contributed by atoms with Gasteiger partial charge in [0.1, 0.15) is 18.2 Å². The zero-order chi connectivity index (χ0) is 15.2. The van der Waals surface area contributed by atoms with E-state index in [9.17, 15) is 4.39 Å². The molecule has 1 aromatic heterocycles. The van der Waals surface area contributed by atoms with Crippen molar-refractivity contribution in [2.45, 2.75) is 32.9 Å². The highest BCUT2D eigenvalue weighted by Gasteiger charge is 2.11. The van der Waals surface area contributed by atoms with Crippen molar-refractivity contribution in [3.63, 3.8) is 0 Å². The first-order valence-corrected chi connectivity index (χ1v) is 7.22. The molecule has 0 saturated heterocycles. The molecule has 0 saturated carbocycles. The number of halogens is 1. The summed E-state index contributed by atoms with van der Waals surface area (Å²) in [6.45, 7) is 5.30. The molecule has 2 aromatic rings. The lowest BCUT2D eigenvalue weighted by Crippen LogP contribution is -2.20. The summed E-state index contributed by atoms with van der Waals surface area (Å²) in [7, 11) is 1.90. The van der Waals surface area contributed by atoms with E-state index < -0.39 is 0 Å². The highest BCUT2D eigenvalue weighted by molar-refractivity contribution is 5.30. The number of rotatable bonds is 7. The van der Waals surface area contributed by atoms with Gasteiger partial charge in [-0.2, -0.15) is 0 Å². The normalized spacial score (nSPS) is 12.4. The largest absolute Gasteiger partial charge is 0.487 e. The molecule has 0 aliphatic rings. The van der Waals surface area contributed by atoms with Gasteiger partial charge >= 0.3 is 0 Å². The Morgan fingerprint density at radius 2 is 2.24 bits per heavy atom. The van der Waals surface area contributed by atoms with Crippen LogP contribution in [-0.2, 0) is 13.7 Å². The van der Waals surface area contributed by atoms with Crippen molar-refractivity contribution in [3.05, 3.63) is 47.8 Å². The molecule has 0 fully saturated rings. The number of aromatic nitrogens is 2. The van der Waals surface area contributed by atoms with Gasteiger partial charge in [0.05, 0.1) is 18.2 Å². The lowest BCUT2D eigenvalue weighted by Gasteiger charge is -2.15. The van der Waals surface area contributed by atoms with Crippen LogP contribution >= 0.6 is 0 Å². The number of hydrogen-bond donors (Lipinski definition) is 1. The third-order valence-electron chi connectivity index (χ3n) is 3.44. The smallest absolute Gasteiger partial charge is 0.131 e. The van der Waals surface area contributed by atoms with Crippen LogP contribution in [0.2, 0.25) is 0 Å². The van der Waals surface area contributed by atoms with Crippen molar-refractivity contribution in [2.24, 2.45) is 7.05 Å². The molecule has 4 nitrogen and oxygen atoms in total. The zero-order valence-corrected chi connectivity index (χ0v) is 12.8. The fraction of sp³-hybridized carbons (Fsp3) is 0.438. The second-order valence-electron chi connectivity index (χ2n) is 5.14. The maximum Gasteiger partial charge on any atom is 0.131 e. The fourth-order valence-electron chi connectivity index (χ4n) is 2.10. The van der Waals surface area contributed by atoms with Crippen LogP contribution in [-0.4, -0.2) is 16.1 Å². The molecule has 0 aliphatic heterocycles. The first kappa shape index (κ1) is 15.5. The molecule has 0 bridgehead atoms. The Hall–Kier alpha value is -1.88. The highest BCUT2D eigenvalue weighted by atomic mass is 19.1. The standard InChI is InChI=1S/C16H22FN3O/c1-4-7-19-12(2)15-6-5-14(8-16(15)17)21-10-13-9-18-11-20(13)3/h5-6,8-9,11-12,19H,4,7,10H2,1-3H3. The first-order chi connectivity index (χ1) is 10.1. The Bertz CT molecular complexity index is 583. The Morgan fingerprint density at radius 3 is 2.86 bits per heavy atom. The number of aryl methyl sites for hydroxylation is 1. The zero-order valence-electron chi connectivity index (χ0n) is 12.8. The minimum Gasteiger partial charge on any atom is -0.487 e. The van der Waals surface area contributed by atoms with Gasteiger partial charge < -0.3 is 14.6 Å². The molecular formula is C16H22FN3O. The molecule has 0 aliphatic carbocycles. The number of nitrogens with zero attached hydrogens (tertiary/aromatic N) is 2. The van der Waals surface area contributed by atoms with Crippen LogP contribution in [0.1, 0.15) is 37.6 Å². The number of hydrogen-bond acceptors (Lipinski definition) is 3. The summed E-state index contributed by atoms with van der Waals surface area (Å²) in [6.07, 6.45) is 4.47. The van der Waals surface area contributed by atoms with E-state index in [0.29, 0.717) is 17.9 Å². The summed E-state index contributed by atoms with van der Waals surface area (Å²) >= 11 is 0. The quantitative estimate of drug-likeness (QED) is 0.851. The molecule has 114 valence electrons.